The summed E-state index contributed by atoms with van der Waals surface area (Å²) in [5, 5.41) is 4.33. The number of rotatable bonds is 6. The van der Waals surface area contributed by atoms with E-state index in [4.69, 9.17) is 11.6 Å². The number of imidazole rings is 1. The van der Waals surface area contributed by atoms with E-state index in [0.717, 1.165) is 30.1 Å². The summed E-state index contributed by atoms with van der Waals surface area (Å²) in [4.78, 5) is 4.46. The van der Waals surface area contributed by atoms with Crippen molar-refractivity contribution in [2.45, 2.75) is 25.8 Å². The lowest BCUT2D eigenvalue weighted by Gasteiger charge is -2.16. The Kier molecular flexibility index (Phi) is 5.00. The highest BCUT2D eigenvalue weighted by atomic mass is 35.5. The molecule has 1 aromatic heterocycles. The molecule has 102 valence electrons. The molecule has 0 bridgehead atoms. The van der Waals surface area contributed by atoms with Gasteiger partial charge in [0.25, 0.3) is 0 Å². The van der Waals surface area contributed by atoms with Crippen molar-refractivity contribution in [3.8, 4) is 0 Å². The SMILES string of the molecule is CCCNC(Cc1cccc(Cl)c1)c1cn(C)cn1. The van der Waals surface area contributed by atoms with E-state index in [2.05, 4.69) is 29.5 Å². The predicted octanol–water partition coefficient (Wildman–Crippen LogP) is 3.36. The first-order chi connectivity index (χ1) is 9.19. The van der Waals surface area contributed by atoms with Gasteiger partial charge in [0.05, 0.1) is 18.1 Å². The van der Waals surface area contributed by atoms with Crippen molar-refractivity contribution >= 4 is 11.6 Å². The molecule has 0 fully saturated rings. The van der Waals surface area contributed by atoms with Gasteiger partial charge < -0.3 is 9.88 Å². The molecule has 0 aliphatic carbocycles. The van der Waals surface area contributed by atoms with Gasteiger partial charge in [0.2, 0.25) is 0 Å². The Bertz CT molecular complexity index is 522. The van der Waals surface area contributed by atoms with Crippen LogP contribution in [-0.4, -0.2) is 16.1 Å². The summed E-state index contributed by atoms with van der Waals surface area (Å²) in [7, 11) is 1.99. The highest BCUT2D eigenvalue weighted by Gasteiger charge is 2.14. The Balaban J connectivity index is 2.13. The van der Waals surface area contributed by atoms with E-state index in [1.807, 2.05) is 36.1 Å². The van der Waals surface area contributed by atoms with E-state index in [1.54, 1.807) is 0 Å². The van der Waals surface area contributed by atoms with Crippen LogP contribution in [-0.2, 0) is 13.5 Å². The van der Waals surface area contributed by atoms with Crippen LogP contribution >= 0.6 is 11.6 Å². The van der Waals surface area contributed by atoms with E-state index < -0.39 is 0 Å². The van der Waals surface area contributed by atoms with E-state index in [0.29, 0.717) is 0 Å². The fraction of sp³-hybridized carbons (Fsp3) is 0.400. The number of aryl methyl sites for hydroxylation is 1. The Labute approximate surface area is 119 Å². The minimum atomic E-state index is 0.236. The number of hydrogen-bond acceptors (Lipinski definition) is 2. The molecular weight excluding hydrogens is 258 g/mol. The van der Waals surface area contributed by atoms with Crippen molar-refractivity contribution < 1.29 is 0 Å². The van der Waals surface area contributed by atoms with Crippen molar-refractivity contribution in [2.24, 2.45) is 7.05 Å². The highest BCUT2D eigenvalue weighted by molar-refractivity contribution is 6.30. The summed E-state index contributed by atoms with van der Waals surface area (Å²) in [5.41, 5.74) is 2.31. The summed E-state index contributed by atoms with van der Waals surface area (Å²) >= 11 is 6.04. The van der Waals surface area contributed by atoms with Gasteiger partial charge in [-0.25, -0.2) is 4.98 Å². The third-order valence-corrected chi connectivity index (χ3v) is 3.29. The van der Waals surface area contributed by atoms with Gasteiger partial charge >= 0.3 is 0 Å². The van der Waals surface area contributed by atoms with Gasteiger partial charge in [-0.3, -0.25) is 0 Å². The van der Waals surface area contributed by atoms with Crippen molar-refractivity contribution in [3.63, 3.8) is 0 Å². The normalized spacial score (nSPS) is 12.6. The van der Waals surface area contributed by atoms with Crippen molar-refractivity contribution in [3.05, 3.63) is 53.1 Å². The molecule has 1 unspecified atom stereocenters. The summed E-state index contributed by atoms with van der Waals surface area (Å²) in [6.07, 6.45) is 5.92. The number of halogens is 1. The molecule has 0 saturated heterocycles. The topological polar surface area (TPSA) is 29.9 Å². The van der Waals surface area contributed by atoms with Gasteiger partial charge in [0, 0.05) is 18.3 Å². The smallest absolute Gasteiger partial charge is 0.0947 e. The van der Waals surface area contributed by atoms with Crippen molar-refractivity contribution in [1.29, 1.82) is 0 Å². The second-order valence-corrected chi connectivity index (χ2v) is 5.24. The molecule has 1 N–H and O–H groups in total. The number of aromatic nitrogens is 2. The van der Waals surface area contributed by atoms with Crippen molar-refractivity contribution in [2.75, 3.05) is 6.54 Å². The van der Waals surface area contributed by atoms with Gasteiger partial charge in [0.15, 0.2) is 0 Å². The van der Waals surface area contributed by atoms with Crippen LogP contribution in [0.3, 0.4) is 0 Å². The van der Waals surface area contributed by atoms with Crippen LogP contribution in [0.2, 0.25) is 5.02 Å². The van der Waals surface area contributed by atoms with E-state index in [9.17, 15) is 0 Å². The van der Waals surface area contributed by atoms with Gasteiger partial charge in [-0.05, 0) is 37.1 Å². The third-order valence-electron chi connectivity index (χ3n) is 3.05. The van der Waals surface area contributed by atoms with E-state index in [1.165, 1.54) is 5.56 Å². The summed E-state index contributed by atoms with van der Waals surface area (Å²) in [6.45, 7) is 3.16. The number of nitrogens with one attached hydrogen (secondary N) is 1. The molecule has 1 aromatic carbocycles. The maximum atomic E-state index is 6.04. The minimum absolute atomic E-state index is 0.236. The second kappa shape index (κ2) is 6.73. The molecule has 4 heteroatoms. The van der Waals surface area contributed by atoms with Crippen LogP contribution in [0.4, 0.5) is 0 Å². The maximum Gasteiger partial charge on any atom is 0.0947 e. The zero-order valence-corrected chi connectivity index (χ0v) is 12.2. The average Bonchev–Trinajstić information content (AvgIpc) is 2.81. The molecule has 0 spiro atoms. The second-order valence-electron chi connectivity index (χ2n) is 4.80. The molecule has 3 nitrogen and oxygen atoms in total. The first-order valence-electron chi connectivity index (χ1n) is 6.64. The van der Waals surface area contributed by atoms with Crippen LogP contribution in [0.5, 0.6) is 0 Å². The van der Waals surface area contributed by atoms with Crippen LogP contribution in [0.25, 0.3) is 0 Å². The standard InChI is InChI=1S/C15H20ClN3/c1-3-7-17-14(15-10-19(2)11-18-15)9-12-5-4-6-13(16)8-12/h4-6,8,10-11,14,17H,3,7,9H2,1-2H3. The highest BCUT2D eigenvalue weighted by Crippen LogP contribution is 2.19. The van der Waals surface area contributed by atoms with Crippen LogP contribution in [0.15, 0.2) is 36.8 Å². The van der Waals surface area contributed by atoms with E-state index >= 15 is 0 Å². The quantitative estimate of drug-likeness (QED) is 0.877. The predicted molar refractivity (Wildman–Crippen MR) is 79.4 cm³/mol. The fourth-order valence-corrected chi connectivity index (χ4v) is 2.33. The fourth-order valence-electron chi connectivity index (χ4n) is 2.11. The summed E-state index contributed by atoms with van der Waals surface area (Å²) in [5.74, 6) is 0. The average molecular weight is 278 g/mol. The van der Waals surface area contributed by atoms with E-state index in [-0.39, 0.29) is 6.04 Å². The van der Waals surface area contributed by atoms with Gasteiger partial charge in [-0.15, -0.1) is 0 Å². The lowest BCUT2D eigenvalue weighted by Crippen LogP contribution is -2.24. The molecule has 2 aromatic rings. The number of hydrogen-bond donors (Lipinski definition) is 1. The zero-order chi connectivity index (χ0) is 13.7. The van der Waals surface area contributed by atoms with Gasteiger partial charge in [0.1, 0.15) is 0 Å². The molecule has 0 radical (unpaired) electrons. The van der Waals surface area contributed by atoms with Gasteiger partial charge in [-0.2, -0.15) is 0 Å². The molecule has 19 heavy (non-hydrogen) atoms. The molecule has 1 atom stereocenters. The van der Waals surface area contributed by atoms with Gasteiger partial charge in [-0.1, -0.05) is 30.7 Å². The molecule has 0 aliphatic heterocycles. The third kappa shape index (κ3) is 4.08. The zero-order valence-electron chi connectivity index (χ0n) is 11.4. The Morgan fingerprint density at radius 2 is 2.26 bits per heavy atom. The Morgan fingerprint density at radius 3 is 2.89 bits per heavy atom. The first kappa shape index (κ1) is 14.1. The molecule has 0 aliphatic rings. The number of nitrogens with zero attached hydrogens (tertiary/aromatic N) is 2. The molecular formula is C15H20ClN3. The maximum absolute atomic E-state index is 6.04. The monoisotopic (exact) mass is 277 g/mol. The molecule has 0 amide bonds. The van der Waals surface area contributed by atoms with Crippen LogP contribution in [0, 0.1) is 0 Å². The lowest BCUT2D eigenvalue weighted by atomic mass is 10.0. The Hall–Kier alpha value is -1.32. The number of benzene rings is 1. The summed E-state index contributed by atoms with van der Waals surface area (Å²) in [6, 6.07) is 8.26. The molecule has 1 heterocycles. The largest absolute Gasteiger partial charge is 0.340 e. The summed E-state index contributed by atoms with van der Waals surface area (Å²) < 4.78 is 1.98. The van der Waals surface area contributed by atoms with Crippen LogP contribution < -0.4 is 5.32 Å². The lowest BCUT2D eigenvalue weighted by molar-refractivity contribution is 0.519. The minimum Gasteiger partial charge on any atom is -0.340 e. The Morgan fingerprint density at radius 1 is 1.42 bits per heavy atom. The molecule has 2 rings (SSSR count). The van der Waals surface area contributed by atoms with Crippen LogP contribution in [0.1, 0.15) is 30.6 Å². The first-order valence-corrected chi connectivity index (χ1v) is 7.02. The van der Waals surface area contributed by atoms with Crippen molar-refractivity contribution in [1.82, 2.24) is 14.9 Å². The molecule has 0 saturated carbocycles.